The van der Waals surface area contributed by atoms with Crippen molar-refractivity contribution in [1.82, 2.24) is 15.4 Å². The molecule has 0 atom stereocenters. The monoisotopic (exact) mass is 335 g/mol. The Labute approximate surface area is 140 Å². The first-order valence-corrected chi connectivity index (χ1v) is 8.22. The van der Waals surface area contributed by atoms with Crippen molar-refractivity contribution in [3.05, 3.63) is 23.9 Å². The first-order chi connectivity index (χ1) is 11.6. The molecule has 8 heteroatoms. The molecule has 3 rings (SSSR count). The van der Waals surface area contributed by atoms with Crippen molar-refractivity contribution in [2.75, 3.05) is 36.1 Å². The molecular formula is C16H22FN5O2. The molecular weight excluding hydrogens is 313 g/mol. The first kappa shape index (κ1) is 16.6. The Morgan fingerprint density at radius 2 is 2.08 bits per heavy atom. The van der Waals surface area contributed by atoms with Gasteiger partial charge in [0.25, 0.3) is 0 Å². The topological polar surface area (TPSA) is 70.6 Å². The summed E-state index contributed by atoms with van der Waals surface area (Å²) >= 11 is 0. The Balaban J connectivity index is 1.71. The highest BCUT2D eigenvalue weighted by molar-refractivity contribution is 5.72. The van der Waals surface area contributed by atoms with E-state index in [1.165, 1.54) is 6.33 Å². The van der Waals surface area contributed by atoms with Gasteiger partial charge in [-0.05, 0) is 32.3 Å². The van der Waals surface area contributed by atoms with Gasteiger partial charge in [0.1, 0.15) is 6.33 Å². The quantitative estimate of drug-likeness (QED) is 0.839. The second-order valence-corrected chi connectivity index (χ2v) is 6.03. The fraction of sp³-hybridized carbons (Fsp3) is 0.562. The van der Waals surface area contributed by atoms with Crippen molar-refractivity contribution in [3.8, 4) is 0 Å². The van der Waals surface area contributed by atoms with Crippen LogP contribution in [0, 0.1) is 11.7 Å². The van der Waals surface area contributed by atoms with E-state index in [4.69, 9.17) is 4.74 Å². The second-order valence-electron chi connectivity index (χ2n) is 6.03. The Kier molecular flexibility index (Phi) is 4.94. The predicted molar refractivity (Wildman–Crippen MR) is 87.8 cm³/mol. The van der Waals surface area contributed by atoms with Gasteiger partial charge in [0.05, 0.1) is 12.5 Å². The molecule has 1 aromatic rings. The molecule has 24 heavy (non-hydrogen) atoms. The molecule has 1 saturated heterocycles. The number of halogens is 1. The summed E-state index contributed by atoms with van der Waals surface area (Å²) in [4.78, 5) is 21.8. The SMILES string of the molecule is CCOC(=O)C1CCN(c2ncnc(N3C=C(C)CN3)c2F)CC1. The lowest BCUT2D eigenvalue weighted by Crippen LogP contribution is -2.38. The van der Waals surface area contributed by atoms with Crippen LogP contribution in [0.1, 0.15) is 26.7 Å². The van der Waals surface area contributed by atoms with Crippen molar-refractivity contribution < 1.29 is 13.9 Å². The van der Waals surface area contributed by atoms with E-state index in [0.29, 0.717) is 39.1 Å². The van der Waals surface area contributed by atoms with Crippen LogP contribution in [0.5, 0.6) is 0 Å². The van der Waals surface area contributed by atoms with Crippen molar-refractivity contribution in [2.45, 2.75) is 26.7 Å². The molecule has 0 spiro atoms. The lowest BCUT2D eigenvalue weighted by molar-refractivity contribution is -0.148. The molecule has 7 nitrogen and oxygen atoms in total. The molecule has 2 aliphatic rings. The molecule has 1 fully saturated rings. The first-order valence-electron chi connectivity index (χ1n) is 8.22. The highest BCUT2D eigenvalue weighted by Crippen LogP contribution is 2.28. The number of aromatic nitrogens is 2. The van der Waals surface area contributed by atoms with E-state index in [2.05, 4.69) is 15.4 Å². The van der Waals surface area contributed by atoms with Crippen molar-refractivity contribution in [1.29, 1.82) is 0 Å². The summed E-state index contributed by atoms with van der Waals surface area (Å²) in [5.74, 6) is -0.240. The van der Waals surface area contributed by atoms with Gasteiger partial charge in [0, 0.05) is 25.8 Å². The molecule has 0 aliphatic carbocycles. The third-order valence-corrected chi connectivity index (χ3v) is 4.27. The summed E-state index contributed by atoms with van der Waals surface area (Å²) in [6, 6.07) is 0. The standard InChI is InChI=1S/C16H22FN5O2/c1-3-24-16(23)12-4-6-21(7-5-12)14-13(17)15(19-10-18-14)22-9-11(2)8-20-22/h9-10,12,20H,3-8H2,1-2H3. The number of hydrogen-bond acceptors (Lipinski definition) is 7. The fourth-order valence-corrected chi connectivity index (χ4v) is 2.98. The minimum Gasteiger partial charge on any atom is -0.466 e. The van der Waals surface area contributed by atoms with Crippen LogP contribution < -0.4 is 15.3 Å². The molecule has 0 amide bonds. The number of hydrazine groups is 1. The van der Waals surface area contributed by atoms with Gasteiger partial charge in [0.15, 0.2) is 11.6 Å². The molecule has 130 valence electrons. The average molecular weight is 335 g/mol. The van der Waals surface area contributed by atoms with Gasteiger partial charge < -0.3 is 9.64 Å². The van der Waals surface area contributed by atoms with Crippen LogP contribution in [0.4, 0.5) is 16.0 Å². The lowest BCUT2D eigenvalue weighted by Gasteiger charge is -2.32. The van der Waals surface area contributed by atoms with Crippen LogP contribution in [0.2, 0.25) is 0 Å². The van der Waals surface area contributed by atoms with Crippen molar-refractivity contribution in [2.24, 2.45) is 5.92 Å². The summed E-state index contributed by atoms with van der Waals surface area (Å²) in [6.45, 7) is 5.96. The van der Waals surface area contributed by atoms with Gasteiger partial charge >= 0.3 is 5.97 Å². The van der Waals surface area contributed by atoms with E-state index in [0.717, 1.165) is 5.57 Å². The molecule has 0 radical (unpaired) electrons. The lowest BCUT2D eigenvalue weighted by atomic mass is 9.97. The zero-order chi connectivity index (χ0) is 17.1. The molecule has 3 heterocycles. The van der Waals surface area contributed by atoms with E-state index in [-0.39, 0.29) is 23.5 Å². The molecule has 0 aromatic carbocycles. The van der Waals surface area contributed by atoms with Crippen LogP contribution in [-0.2, 0) is 9.53 Å². The number of anilines is 2. The Morgan fingerprint density at radius 1 is 1.38 bits per heavy atom. The number of carbonyl (C=O) groups is 1. The normalized spacial score (nSPS) is 18.7. The van der Waals surface area contributed by atoms with E-state index in [1.807, 2.05) is 18.0 Å². The molecule has 2 aliphatic heterocycles. The van der Waals surface area contributed by atoms with Gasteiger partial charge in [-0.25, -0.2) is 15.4 Å². The van der Waals surface area contributed by atoms with Crippen molar-refractivity contribution in [3.63, 3.8) is 0 Å². The zero-order valence-electron chi connectivity index (χ0n) is 14.0. The highest BCUT2D eigenvalue weighted by Gasteiger charge is 2.29. The van der Waals surface area contributed by atoms with Gasteiger partial charge in [-0.1, -0.05) is 0 Å². The number of carbonyl (C=O) groups excluding carboxylic acids is 1. The largest absolute Gasteiger partial charge is 0.466 e. The van der Waals surface area contributed by atoms with E-state index >= 15 is 0 Å². The smallest absolute Gasteiger partial charge is 0.309 e. The second kappa shape index (κ2) is 7.12. The van der Waals surface area contributed by atoms with Crippen LogP contribution in [0.25, 0.3) is 0 Å². The van der Waals surface area contributed by atoms with E-state index in [9.17, 15) is 9.18 Å². The molecule has 0 unspecified atom stereocenters. The summed E-state index contributed by atoms with van der Waals surface area (Å²) in [6.07, 6.45) is 4.47. The average Bonchev–Trinajstić information content (AvgIpc) is 3.02. The number of ether oxygens (including phenoxy) is 1. The summed E-state index contributed by atoms with van der Waals surface area (Å²) in [7, 11) is 0. The third-order valence-electron chi connectivity index (χ3n) is 4.27. The van der Waals surface area contributed by atoms with Gasteiger partial charge in [0.2, 0.25) is 5.82 Å². The molecule has 1 N–H and O–H groups in total. The molecule has 0 bridgehead atoms. The van der Waals surface area contributed by atoms with Gasteiger partial charge in [-0.3, -0.25) is 9.80 Å². The Bertz CT molecular complexity index is 643. The molecule has 1 aromatic heterocycles. The predicted octanol–water partition coefficient (Wildman–Crippen LogP) is 1.62. The summed E-state index contributed by atoms with van der Waals surface area (Å²) in [5, 5.41) is 1.58. The van der Waals surface area contributed by atoms with E-state index < -0.39 is 5.82 Å². The minimum atomic E-state index is -0.453. The van der Waals surface area contributed by atoms with Gasteiger partial charge in [-0.2, -0.15) is 4.39 Å². The van der Waals surface area contributed by atoms with Crippen molar-refractivity contribution >= 4 is 17.6 Å². The minimum absolute atomic E-state index is 0.114. The van der Waals surface area contributed by atoms with Crippen LogP contribution in [-0.4, -0.2) is 42.2 Å². The number of nitrogens with one attached hydrogen (secondary N) is 1. The molecule has 0 saturated carbocycles. The van der Waals surface area contributed by atoms with Crippen LogP contribution in [0.3, 0.4) is 0 Å². The van der Waals surface area contributed by atoms with E-state index in [1.54, 1.807) is 11.9 Å². The number of rotatable bonds is 4. The van der Waals surface area contributed by atoms with Crippen LogP contribution >= 0.6 is 0 Å². The van der Waals surface area contributed by atoms with Crippen LogP contribution in [0.15, 0.2) is 18.1 Å². The maximum atomic E-state index is 14.8. The fourth-order valence-electron chi connectivity index (χ4n) is 2.98. The Morgan fingerprint density at radius 3 is 2.71 bits per heavy atom. The zero-order valence-corrected chi connectivity index (χ0v) is 14.0. The maximum absolute atomic E-state index is 14.8. The number of piperidine rings is 1. The maximum Gasteiger partial charge on any atom is 0.309 e. The van der Waals surface area contributed by atoms with Gasteiger partial charge in [-0.15, -0.1) is 0 Å². The summed E-state index contributed by atoms with van der Waals surface area (Å²) in [5.41, 5.74) is 4.16. The Hall–Kier alpha value is -2.22. The number of nitrogens with zero attached hydrogens (tertiary/aromatic N) is 4. The summed E-state index contributed by atoms with van der Waals surface area (Å²) < 4.78 is 19.9. The third kappa shape index (κ3) is 3.33. The number of esters is 1. The highest BCUT2D eigenvalue weighted by atomic mass is 19.1. The number of hydrogen-bond donors (Lipinski definition) is 1.